The van der Waals surface area contributed by atoms with Crippen molar-refractivity contribution in [2.75, 3.05) is 0 Å². The third kappa shape index (κ3) is 175. The van der Waals surface area contributed by atoms with Crippen LogP contribution in [0.3, 0.4) is 0 Å². The lowest BCUT2D eigenvalue weighted by Crippen LogP contribution is -1.78. The number of halogens is 3. The minimum Gasteiger partial charge on any atom is -0.481 e. The number of carbonyl (C=O) groups is 1. The van der Waals surface area contributed by atoms with Crippen LogP contribution in [0.1, 0.15) is 6.92 Å². The maximum absolute atomic E-state index is 9.00. The largest absolute Gasteiger partial charge is 0.481 e. The zero-order valence-corrected chi connectivity index (χ0v) is 4.99. The molecule has 0 aromatic rings. The Hall–Kier alpha value is -1.00. The second-order valence-corrected chi connectivity index (χ2v) is 0.519. The van der Waals surface area contributed by atoms with E-state index >= 15 is 0 Å². The van der Waals surface area contributed by atoms with Gasteiger partial charge in [-0.1, -0.05) is 0 Å². The third-order valence-electron chi connectivity index (χ3n) is 0. The van der Waals surface area contributed by atoms with Gasteiger partial charge in [-0.25, -0.2) is 0 Å². The molecule has 0 atom stereocenters. The maximum Gasteiger partial charge on any atom is 0.300 e. The lowest BCUT2D eigenvalue weighted by atomic mass is 10.9. The van der Waals surface area contributed by atoms with Crippen LogP contribution in [0.15, 0.2) is 13.2 Å². The number of carboxylic acids is 1. The van der Waals surface area contributed by atoms with Gasteiger partial charge in [-0.05, 0) is 0 Å². The minimum atomic E-state index is -0.833. The summed E-state index contributed by atoms with van der Waals surface area (Å²) in [4.78, 5) is 9.00. The van der Waals surface area contributed by atoms with Crippen LogP contribution in [-0.4, -0.2) is 11.1 Å². The van der Waals surface area contributed by atoms with Gasteiger partial charge in [0.2, 0.25) is 0 Å². The molecule has 0 aromatic heterocycles. The van der Waals surface area contributed by atoms with E-state index in [2.05, 4.69) is 13.2 Å². The zero-order valence-electron chi connectivity index (χ0n) is 4.99. The summed E-state index contributed by atoms with van der Waals surface area (Å²) in [6.45, 7) is 7.08. The van der Waals surface area contributed by atoms with Gasteiger partial charge in [0, 0.05) is 6.92 Å². The fourth-order valence-electron chi connectivity index (χ4n) is 0. The van der Waals surface area contributed by atoms with Crippen molar-refractivity contribution < 1.29 is 24.0 Å². The minimum absolute atomic E-state index is 0. The lowest BCUT2D eigenvalue weighted by Gasteiger charge is -1.59. The van der Waals surface area contributed by atoms with E-state index in [-0.39, 0.29) is 14.1 Å². The van der Waals surface area contributed by atoms with E-state index in [1.54, 1.807) is 0 Å². The van der Waals surface area contributed by atoms with Crippen molar-refractivity contribution in [3.05, 3.63) is 13.2 Å². The molecule has 0 saturated carbocycles. The standard InChI is InChI=1S/C2H4O2.C2H4.3FH/c1-2(3)4;1-2;;;/h1H3,(H,3,4);1-2H2;3*1H. The van der Waals surface area contributed by atoms with Crippen LogP contribution in [0.2, 0.25) is 0 Å². The summed E-state index contributed by atoms with van der Waals surface area (Å²) in [5.74, 6) is -0.833. The van der Waals surface area contributed by atoms with Gasteiger partial charge < -0.3 is 5.11 Å². The topological polar surface area (TPSA) is 37.3 Å². The molecule has 0 aromatic carbocycles. The first-order valence-corrected chi connectivity index (χ1v) is 1.43. The molecule has 9 heavy (non-hydrogen) atoms. The Morgan fingerprint density at radius 2 is 1.22 bits per heavy atom. The van der Waals surface area contributed by atoms with E-state index in [4.69, 9.17) is 9.90 Å². The molecule has 0 fully saturated rings. The predicted molar refractivity (Wildman–Crippen MR) is 32.1 cm³/mol. The quantitative estimate of drug-likeness (QED) is 0.526. The molecule has 0 aliphatic carbocycles. The van der Waals surface area contributed by atoms with Gasteiger partial charge in [0.05, 0.1) is 0 Å². The van der Waals surface area contributed by atoms with E-state index < -0.39 is 5.97 Å². The van der Waals surface area contributed by atoms with Crippen LogP contribution in [0.4, 0.5) is 14.1 Å². The van der Waals surface area contributed by atoms with Crippen LogP contribution in [0.5, 0.6) is 0 Å². The second kappa shape index (κ2) is 63.0. The Bertz CT molecular complexity index is 45.1. The van der Waals surface area contributed by atoms with Gasteiger partial charge in [0.15, 0.2) is 0 Å². The second-order valence-electron chi connectivity index (χ2n) is 0.519. The SMILES string of the molecule is C=C.CC(=O)O.F.F.F. The van der Waals surface area contributed by atoms with E-state index in [9.17, 15) is 0 Å². The van der Waals surface area contributed by atoms with Crippen LogP contribution >= 0.6 is 0 Å². The van der Waals surface area contributed by atoms with Crippen molar-refractivity contribution in [3.63, 3.8) is 0 Å². The highest BCUT2D eigenvalue weighted by atomic mass is 19.0. The van der Waals surface area contributed by atoms with E-state index in [0.29, 0.717) is 0 Å². The summed E-state index contributed by atoms with van der Waals surface area (Å²) in [7, 11) is 0. The van der Waals surface area contributed by atoms with E-state index in [1.165, 1.54) is 0 Å². The molecule has 0 heterocycles. The highest BCUT2D eigenvalue weighted by Gasteiger charge is 1.65. The number of aliphatic carboxylic acids is 1. The molecule has 0 amide bonds. The fourth-order valence-corrected chi connectivity index (χ4v) is 0. The number of hydrogen-bond acceptors (Lipinski definition) is 1. The summed E-state index contributed by atoms with van der Waals surface area (Å²) < 4.78 is 0. The van der Waals surface area contributed by atoms with Crippen molar-refractivity contribution >= 4 is 5.97 Å². The number of carboxylic acid groups (broad SMARTS) is 1. The molecule has 0 rings (SSSR count). The van der Waals surface area contributed by atoms with Gasteiger partial charge in [-0.15, -0.1) is 13.2 Å². The molecule has 0 aliphatic heterocycles. The van der Waals surface area contributed by atoms with Gasteiger partial charge >= 0.3 is 0 Å². The summed E-state index contributed by atoms with van der Waals surface area (Å²) in [5.41, 5.74) is 0. The Labute approximate surface area is 51.3 Å². The average molecular weight is 148 g/mol. The zero-order chi connectivity index (χ0) is 5.58. The van der Waals surface area contributed by atoms with Crippen LogP contribution < -0.4 is 0 Å². The Morgan fingerprint density at radius 1 is 1.22 bits per heavy atom. The Kier molecular flexibility index (Phi) is 305. The molecule has 0 saturated heterocycles. The monoisotopic (exact) mass is 148 g/mol. The molecule has 0 radical (unpaired) electrons. The summed E-state index contributed by atoms with van der Waals surface area (Å²) in [5, 5.41) is 7.42. The van der Waals surface area contributed by atoms with Gasteiger partial charge in [-0.3, -0.25) is 18.9 Å². The Morgan fingerprint density at radius 3 is 1.22 bits per heavy atom. The summed E-state index contributed by atoms with van der Waals surface area (Å²) >= 11 is 0. The molecule has 5 heteroatoms. The molecule has 0 spiro atoms. The number of rotatable bonds is 0. The van der Waals surface area contributed by atoms with Gasteiger partial charge in [0.1, 0.15) is 0 Å². The third-order valence-corrected chi connectivity index (χ3v) is 0. The Balaban J connectivity index is -0.00000000990. The smallest absolute Gasteiger partial charge is 0.300 e. The first-order valence-electron chi connectivity index (χ1n) is 1.43. The summed E-state index contributed by atoms with van der Waals surface area (Å²) in [6.07, 6.45) is 0. The van der Waals surface area contributed by atoms with Crippen molar-refractivity contribution in [2.45, 2.75) is 6.92 Å². The van der Waals surface area contributed by atoms with Crippen molar-refractivity contribution in [3.8, 4) is 0 Å². The van der Waals surface area contributed by atoms with Crippen LogP contribution in [0.25, 0.3) is 0 Å². The first kappa shape index (κ1) is 43.6. The average Bonchev–Trinajstić information content (AvgIpc) is 1.41. The normalized spacial score (nSPS) is 3.22. The molecule has 0 bridgehead atoms. The van der Waals surface area contributed by atoms with E-state index in [0.717, 1.165) is 6.92 Å². The molecular formula is C4H11F3O2. The fraction of sp³-hybridized carbons (Fsp3) is 0.250. The molecule has 0 aliphatic rings. The summed E-state index contributed by atoms with van der Waals surface area (Å²) in [6, 6.07) is 0. The van der Waals surface area contributed by atoms with Crippen molar-refractivity contribution in [1.82, 2.24) is 0 Å². The van der Waals surface area contributed by atoms with Crippen LogP contribution in [-0.2, 0) is 4.79 Å². The first-order chi connectivity index (χ1) is 2.73. The number of hydrogen-bond donors (Lipinski definition) is 1. The van der Waals surface area contributed by atoms with Gasteiger partial charge in [-0.2, -0.15) is 0 Å². The molecule has 60 valence electrons. The lowest BCUT2D eigenvalue weighted by molar-refractivity contribution is -0.134. The molecule has 0 unspecified atom stereocenters. The maximum atomic E-state index is 9.00. The van der Waals surface area contributed by atoms with Gasteiger partial charge in [0.25, 0.3) is 5.97 Å². The molecular weight excluding hydrogens is 137 g/mol. The predicted octanol–water partition coefficient (Wildman–Crippen LogP) is 1.35. The van der Waals surface area contributed by atoms with Crippen molar-refractivity contribution in [2.24, 2.45) is 0 Å². The molecule has 1 N–H and O–H groups in total. The van der Waals surface area contributed by atoms with E-state index in [1.807, 2.05) is 0 Å². The molecule has 2 nitrogen and oxygen atoms in total. The highest BCUT2D eigenvalue weighted by molar-refractivity contribution is 5.62. The highest BCUT2D eigenvalue weighted by Crippen LogP contribution is 1.42. The van der Waals surface area contributed by atoms with Crippen LogP contribution in [0, 0.1) is 0 Å². The van der Waals surface area contributed by atoms with Crippen molar-refractivity contribution in [1.29, 1.82) is 0 Å².